The van der Waals surface area contributed by atoms with E-state index >= 15 is 0 Å². The maximum absolute atomic E-state index is 12.4. The lowest BCUT2D eigenvalue weighted by Crippen LogP contribution is -2.20. The van der Waals surface area contributed by atoms with E-state index in [1.165, 1.54) is 0 Å². The van der Waals surface area contributed by atoms with Gasteiger partial charge in [-0.2, -0.15) is 5.10 Å². The topological polar surface area (TPSA) is 76.2 Å². The van der Waals surface area contributed by atoms with Gasteiger partial charge in [0.25, 0.3) is 0 Å². The van der Waals surface area contributed by atoms with Gasteiger partial charge in [-0.1, -0.05) is 12.1 Å². The summed E-state index contributed by atoms with van der Waals surface area (Å²) in [6.45, 7) is 0.279. The first-order valence-electron chi connectivity index (χ1n) is 8.03. The molecule has 5 rings (SSSR count). The summed E-state index contributed by atoms with van der Waals surface area (Å²) in [4.78, 5) is 12.4. The largest absolute Gasteiger partial charge is 0.497 e. The van der Waals surface area contributed by atoms with Crippen LogP contribution in [0.3, 0.4) is 0 Å². The van der Waals surface area contributed by atoms with Gasteiger partial charge in [-0.25, -0.2) is 4.79 Å². The van der Waals surface area contributed by atoms with Crippen molar-refractivity contribution in [3.8, 4) is 5.75 Å². The fourth-order valence-corrected chi connectivity index (χ4v) is 3.69. The predicted molar refractivity (Wildman–Crippen MR) is 92.5 cm³/mol. The van der Waals surface area contributed by atoms with Crippen LogP contribution in [-0.2, 0) is 9.53 Å². The number of cyclic esters (lactones) is 1. The highest BCUT2D eigenvalue weighted by Crippen LogP contribution is 2.46. The number of aromatic nitrogens is 2. The van der Waals surface area contributed by atoms with Gasteiger partial charge in [-0.15, -0.1) is 0 Å². The van der Waals surface area contributed by atoms with Crippen LogP contribution in [0.2, 0.25) is 0 Å². The Morgan fingerprint density at radius 2 is 2.04 bits per heavy atom. The van der Waals surface area contributed by atoms with Gasteiger partial charge in [0.1, 0.15) is 12.4 Å². The summed E-state index contributed by atoms with van der Waals surface area (Å²) in [7, 11) is 1.64. The molecule has 1 aromatic heterocycles. The SMILES string of the molecule is COc1ccc(C2C3=C(COC3=O)Nc3ccc4cn[nH]c4c32)cc1. The molecule has 6 heteroatoms. The van der Waals surface area contributed by atoms with Crippen molar-refractivity contribution in [3.05, 3.63) is 65.0 Å². The minimum atomic E-state index is -0.273. The summed E-state index contributed by atoms with van der Waals surface area (Å²) in [5, 5.41) is 11.6. The van der Waals surface area contributed by atoms with Gasteiger partial charge in [0.05, 0.1) is 30.1 Å². The number of rotatable bonds is 2. The van der Waals surface area contributed by atoms with Crippen molar-refractivity contribution in [3.63, 3.8) is 0 Å². The molecule has 6 nitrogen and oxygen atoms in total. The number of carbonyl (C=O) groups excluding carboxylic acids is 1. The molecule has 0 spiro atoms. The molecule has 3 aromatic rings. The molecule has 2 N–H and O–H groups in total. The summed E-state index contributed by atoms with van der Waals surface area (Å²) in [5.41, 5.74) is 5.42. The second-order valence-corrected chi connectivity index (χ2v) is 6.16. The molecule has 1 atom stereocenters. The molecular weight excluding hydrogens is 318 g/mol. The number of nitrogens with one attached hydrogen (secondary N) is 2. The van der Waals surface area contributed by atoms with Crippen molar-refractivity contribution in [2.75, 3.05) is 19.0 Å². The number of ether oxygens (including phenoxy) is 2. The zero-order valence-electron chi connectivity index (χ0n) is 13.5. The molecule has 0 radical (unpaired) electrons. The van der Waals surface area contributed by atoms with Crippen molar-refractivity contribution in [2.24, 2.45) is 0 Å². The monoisotopic (exact) mass is 333 g/mol. The standard InChI is InChI=1S/C19H15N3O3/c1-24-12-5-2-10(3-6-12)15-16-13(7-4-11-8-20-22-18(11)16)21-14-9-25-19(23)17(14)15/h2-8,15,21H,9H2,1H3,(H,20,22). The van der Waals surface area contributed by atoms with Crippen molar-refractivity contribution in [1.82, 2.24) is 10.2 Å². The number of hydrogen-bond acceptors (Lipinski definition) is 5. The lowest BCUT2D eigenvalue weighted by Gasteiger charge is -2.27. The van der Waals surface area contributed by atoms with Crippen LogP contribution in [0.4, 0.5) is 5.69 Å². The third-order valence-electron chi connectivity index (χ3n) is 4.86. The van der Waals surface area contributed by atoms with Crippen LogP contribution >= 0.6 is 0 Å². The number of fused-ring (bicyclic) bond motifs is 3. The fourth-order valence-electron chi connectivity index (χ4n) is 3.69. The van der Waals surface area contributed by atoms with Gasteiger partial charge < -0.3 is 14.8 Å². The number of H-pyrrole nitrogens is 1. The van der Waals surface area contributed by atoms with Gasteiger partial charge >= 0.3 is 5.97 Å². The highest BCUT2D eigenvalue weighted by atomic mass is 16.5. The number of anilines is 1. The van der Waals surface area contributed by atoms with Crippen molar-refractivity contribution in [2.45, 2.75) is 5.92 Å². The van der Waals surface area contributed by atoms with Gasteiger partial charge in [0.15, 0.2) is 0 Å². The van der Waals surface area contributed by atoms with Crippen LogP contribution in [0.1, 0.15) is 17.0 Å². The molecular formula is C19H15N3O3. The van der Waals surface area contributed by atoms with E-state index in [1.54, 1.807) is 13.3 Å². The molecule has 3 heterocycles. The quantitative estimate of drug-likeness (QED) is 0.705. The number of hydrogen-bond donors (Lipinski definition) is 2. The van der Waals surface area contributed by atoms with Gasteiger partial charge in [-0.3, -0.25) is 5.10 Å². The Morgan fingerprint density at radius 3 is 2.84 bits per heavy atom. The van der Waals surface area contributed by atoms with E-state index in [-0.39, 0.29) is 18.5 Å². The third-order valence-corrected chi connectivity index (χ3v) is 4.86. The van der Waals surface area contributed by atoms with Gasteiger partial charge in [0.2, 0.25) is 0 Å². The lowest BCUT2D eigenvalue weighted by molar-refractivity contribution is -0.136. The Bertz CT molecular complexity index is 1030. The molecule has 124 valence electrons. The fraction of sp³-hybridized carbons (Fsp3) is 0.158. The maximum Gasteiger partial charge on any atom is 0.337 e. The number of aromatic amines is 1. The van der Waals surface area contributed by atoms with E-state index < -0.39 is 0 Å². The van der Waals surface area contributed by atoms with E-state index in [9.17, 15) is 4.79 Å². The predicted octanol–water partition coefficient (Wildman–Crippen LogP) is 2.94. The molecule has 2 aliphatic rings. The molecule has 2 aliphatic heterocycles. The molecule has 0 aliphatic carbocycles. The second-order valence-electron chi connectivity index (χ2n) is 6.16. The third kappa shape index (κ3) is 1.97. The first-order valence-corrected chi connectivity index (χ1v) is 8.03. The van der Waals surface area contributed by atoms with Crippen molar-refractivity contribution in [1.29, 1.82) is 0 Å². The highest BCUT2D eigenvalue weighted by molar-refractivity contribution is 6.00. The molecule has 0 saturated heterocycles. The number of nitrogens with zero attached hydrogens (tertiary/aromatic N) is 1. The zero-order chi connectivity index (χ0) is 17.0. The van der Waals surface area contributed by atoms with Crippen LogP contribution in [0.15, 0.2) is 53.9 Å². The second kappa shape index (κ2) is 5.11. The molecule has 0 amide bonds. The normalized spacial score (nSPS) is 18.6. The molecule has 25 heavy (non-hydrogen) atoms. The summed E-state index contributed by atoms with van der Waals surface area (Å²) >= 11 is 0. The van der Waals surface area contributed by atoms with Crippen molar-refractivity contribution >= 4 is 22.6 Å². The average Bonchev–Trinajstić information content (AvgIpc) is 3.27. The molecule has 0 bridgehead atoms. The first-order chi connectivity index (χ1) is 12.3. The molecule has 1 unspecified atom stereocenters. The number of carbonyl (C=O) groups is 1. The minimum absolute atomic E-state index is 0.212. The van der Waals surface area contributed by atoms with E-state index in [1.807, 2.05) is 36.4 Å². The molecule has 2 aromatic carbocycles. The Labute approximate surface area is 143 Å². The van der Waals surface area contributed by atoms with Crippen molar-refractivity contribution < 1.29 is 14.3 Å². The lowest BCUT2D eigenvalue weighted by atomic mass is 9.80. The first kappa shape index (κ1) is 14.1. The zero-order valence-corrected chi connectivity index (χ0v) is 13.5. The number of methoxy groups -OCH3 is 1. The van der Waals surface area contributed by atoms with E-state index in [2.05, 4.69) is 15.5 Å². The Hall–Kier alpha value is -3.28. The van der Waals surface area contributed by atoms with Crippen LogP contribution in [0.25, 0.3) is 10.9 Å². The van der Waals surface area contributed by atoms with Crippen LogP contribution < -0.4 is 10.1 Å². The summed E-state index contributed by atoms with van der Waals surface area (Å²) < 4.78 is 10.6. The molecule has 0 saturated carbocycles. The minimum Gasteiger partial charge on any atom is -0.497 e. The Kier molecular flexibility index (Phi) is 2.88. The number of benzene rings is 2. The highest BCUT2D eigenvalue weighted by Gasteiger charge is 2.39. The smallest absolute Gasteiger partial charge is 0.337 e. The van der Waals surface area contributed by atoms with Crippen LogP contribution in [0, 0.1) is 0 Å². The van der Waals surface area contributed by atoms with Gasteiger partial charge in [-0.05, 0) is 29.8 Å². The average molecular weight is 333 g/mol. The van der Waals surface area contributed by atoms with Crippen LogP contribution in [0.5, 0.6) is 5.75 Å². The summed E-state index contributed by atoms with van der Waals surface area (Å²) in [5.74, 6) is 0.294. The van der Waals surface area contributed by atoms with Crippen LogP contribution in [-0.4, -0.2) is 29.9 Å². The summed E-state index contributed by atoms with van der Waals surface area (Å²) in [6.07, 6.45) is 1.79. The summed E-state index contributed by atoms with van der Waals surface area (Å²) in [6, 6.07) is 11.8. The van der Waals surface area contributed by atoms with E-state index in [0.29, 0.717) is 5.57 Å². The maximum atomic E-state index is 12.4. The van der Waals surface area contributed by atoms with Gasteiger partial charge in [0, 0.05) is 22.6 Å². The van der Waals surface area contributed by atoms with E-state index in [0.717, 1.165) is 39.2 Å². The van der Waals surface area contributed by atoms with E-state index in [4.69, 9.17) is 9.47 Å². The number of esters is 1. The Balaban J connectivity index is 1.78. The Morgan fingerprint density at radius 1 is 1.20 bits per heavy atom. The molecule has 0 fully saturated rings.